The zero-order valence-electron chi connectivity index (χ0n) is 38.1. The van der Waals surface area contributed by atoms with E-state index < -0.39 is 34.1 Å². The van der Waals surface area contributed by atoms with E-state index in [2.05, 4.69) is 41.2 Å². The third-order valence-corrected chi connectivity index (χ3v) is 14.3. The number of halogens is 2. The number of amides is 1. The van der Waals surface area contributed by atoms with Crippen LogP contribution in [0.5, 0.6) is 0 Å². The number of rotatable bonds is 7. The summed E-state index contributed by atoms with van der Waals surface area (Å²) in [6, 6.07) is 12.2. The van der Waals surface area contributed by atoms with Crippen LogP contribution in [-0.2, 0) is 22.6 Å². The van der Waals surface area contributed by atoms with Crippen LogP contribution in [0, 0.1) is 25.5 Å². The Morgan fingerprint density at radius 1 is 0.939 bits per heavy atom. The highest BCUT2D eigenvalue weighted by atomic mass is 19.1. The van der Waals surface area contributed by atoms with Gasteiger partial charge in [0.15, 0.2) is 11.6 Å². The van der Waals surface area contributed by atoms with Gasteiger partial charge in [-0.1, -0.05) is 19.0 Å². The highest BCUT2D eigenvalue weighted by Crippen LogP contribution is 2.54. The normalized spacial score (nSPS) is 19.8. The van der Waals surface area contributed by atoms with Crippen molar-refractivity contribution in [1.82, 2.24) is 48.1 Å². The molecule has 0 radical (unpaired) electrons. The molecular formula is C49H50F2N10O5. The van der Waals surface area contributed by atoms with Gasteiger partial charge < -0.3 is 14.0 Å². The second kappa shape index (κ2) is 14.3. The summed E-state index contributed by atoms with van der Waals surface area (Å²) in [6.45, 7) is 14.4. The minimum atomic E-state index is -0.788. The zero-order valence-corrected chi connectivity index (χ0v) is 38.1. The first-order chi connectivity index (χ1) is 31.4. The number of hydrogen-bond donors (Lipinski definition) is 1. The molecule has 1 aliphatic carbocycles. The maximum atomic E-state index is 16.2. The summed E-state index contributed by atoms with van der Waals surface area (Å²) >= 11 is 0. The number of pyridine rings is 1. The number of hydrogen-bond acceptors (Lipinski definition) is 8. The van der Waals surface area contributed by atoms with E-state index in [-0.39, 0.29) is 40.9 Å². The average Bonchev–Trinajstić information content (AvgIpc) is 3.75. The third kappa shape index (κ3) is 6.22. The van der Waals surface area contributed by atoms with Gasteiger partial charge in [-0.3, -0.25) is 28.1 Å². The molecule has 66 heavy (non-hydrogen) atoms. The third-order valence-electron chi connectivity index (χ3n) is 14.3. The summed E-state index contributed by atoms with van der Waals surface area (Å²) < 4.78 is 50.4. The Morgan fingerprint density at radius 2 is 1.68 bits per heavy atom. The van der Waals surface area contributed by atoms with E-state index in [1.165, 1.54) is 21.5 Å². The van der Waals surface area contributed by atoms with Gasteiger partial charge in [0.1, 0.15) is 11.6 Å². The molecule has 340 valence electrons. The summed E-state index contributed by atoms with van der Waals surface area (Å²) in [7, 11) is 1.72. The Morgan fingerprint density at radius 3 is 2.38 bits per heavy atom. The Bertz CT molecular complexity index is 3420. The monoisotopic (exact) mass is 896 g/mol. The van der Waals surface area contributed by atoms with Gasteiger partial charge in [0.2, 0.25) is 0 Å². The van der Waals surface area contributed by atoms with Gasteiger partial charge in [-0.15, -0.1) is 0 Å². The van der Waals surface area contributed by atoms with Crippen LogP contribution in [0.2, 0.25) is 0 Å². The van der Waals surface area contributed by atoms with Crippen molar-refractivity contribution >= 4 is 22.3 Å². The van der Waals surface area contributed by atoms with Gasteiger partial charge in [0.25, 0.3) is 5.91 Å². The number of H-pyrrole nitrogens is 1. The van der Waals surface area contributed by atoms with Crippen LogP contribution in [0.3, 0.4) is 0 Å². The molecule has 1 N–H and O–H groups in total. The lowest BCUT2D eigenvalue weighted by Crippen LogP contribution is -2.47. The van der Waals surface area contributed by atoms with Crippen LogP contribution in [0.15, 0.2) is 81.4 Å². The van der Waals surface area contributed by atoms with Gasteiger partial charge in [0.05, 0.1) is 56.8 Å². The predicted molar refractivity (Wildman–Crippen MR) is 241 cm³/mol. The molecule has 2 aliphatic heterocycles. The van der Waals surface area contributed by atoms with Crippen molar-refractivity contribution in [3.63, 3.8) is 0 Å². The molecule has 0 bridgehead atoms. The van der Waals surface area contributed by atoms with Gasteiger partial charge >= 0.3 is 11.4 Å². The fourth-order valence-corrected chi connectivity index (χ4v) is 10.8. The van der Waals surface area contributed by atoms with Crippen molar-refractivity contribution < 1.29 is 22.8 Å². The molecule has 15 nitrogen and oxygen atoms in total. The maximum Gasteiger partial charge on any atom is 0.438 e. The van der Waals surface area contributed by atoms with Gasteiger partial charge in [-0.25, -0.2) is 23.1 Å². The molecule has 3 aliphatic rings. The van der Waals surface area contributed by atoms with E-state index in [0.29, 0.717) is 75.9 Å². The minimum absolute atomic E-state index is 0.0392. The van der Waals surface area contributed by atoms with Crippen molar-refractivity contribution in [3.05, 3.63) is 145 Å². The van der Waals surface area contributed by atoms with Crippen LogP contribution in [-0.4, -0.2) is 72.8 Å². The van der Waals surface area contributed by atoms with E-state index in [0.717, 1.165) is 23.9 Å². The van der Waals surface area contributed by atoms with Crippen LogP contribution in [0.1, 0.15) is 122 Å². The number of nitrogens with zero attached hydrogens (tertiary/aromatic N) is 9. The zero-order chi connectivity index (χ0) is 46.4. The van der Waals surface area contributed by atoms with E-state index in [4.69, 9.17) is 14.4 Å². The van der Waals surface area contributed by atoms with E-state index in [1.807, 2.05) is 42.3 Å². The van der Waals surface area contributed by atoms with Crippen LogP contribution in [0.25, 0.3) is 33.6 Å². The number of carbonyl (C=O) groups excluding carboxylic acids is 1. The first-order valence-corrected chi connectivity index (χ1v) is 22.4. The predicted octanol–water partition coefficient (Wildman–Crippen LogP) is 7.77. The minimum Gasteiger partial charge on any atom is -0.376 e. The number of ether oxygens (including phenoxy) is 1. The quantitative estimate of drug-likeness (QED) is 0.170. The molecule has 6 aromatic heterocycles. The van der Waals surface area contributed by atoms with Crippen molar-refractivity contribution in [1.29, 1.82) is 0 Å². The summed E-state index contributed by atoms with van der Waals surface area (Å²) in [5.41, 5.74) is 3.91. The highest BCUT2D eigenvalue weighted by molar-refractivity contribution is 5.99. The summed E-state index contributed by atoms with van der Waals surface area (Å²) in [6.07, 6.45) is 9.50. The van der Waals surface area contributed by atoms with E-state index in [9.17, 15) is 9.59 Å². The van der Waals surface area contributed by atoms with Crippen LogP contribution >= 0.6 is 0 Å². The lowest BCUT2D eigenvalue weighted by atomic mass is 9.80. The summed E-state index contributed by atoms with van der Waals surface area (Å²) in [4.78, 5) is 47.5. The average molecular weight is 897 g/mol. The number of aryl methyl sites for hydroxylation is 3. The number of imidazole rings is 1. The SMILES string of the molecule is Cc1cc(-n2nc3c(c2-n2ccn(-c4ccc5c(cnn5C)c4F)c2=O)[C@H](C)N(C(=O)c2cc4cc([C@H]5CCOC(C)(C)C5)ccn4c2C2(c4noc(=O)[nH]4)CC2)CC3(C)C)cc(C)c1F. The Balaban J connectivity index is 1.08. The molecular weight excluding hydrogens is 847 g/mol. The second-order valence-electron chi connectivity index (χ2n) is 19.8. The number of benzene rings is 2. The standard InChI is InChI=1S/C49H50F2N10O5/c1-26-19-32(20-27(2)38(26)50)61-42(59-17-16-58(46(59)64)36-10-9-35-34(39(36)51)24-52-56(35)8)37-28(3)60(25-47(4,5)40(37)54-61)43(62)33-22-31-21-29(30-12-18-65-48(6,7)23-30)11-15-57(31)41(33)49(13-14-49)44-53-45(63)66-55-44/h9-11,15-17,19-22,24,28,30H,12-14,18,23,25H2,1-8H3,(H,53,55,63)/t28-,30-/m0/s1. The molecule has 2 fully saturated rings. The molecule has 1 saturated heterocycles. The van der Waals surface area contributed by atoms with Gasteiger partial charge in [-0.05, 0) is 125 Å². The molecule has 8 heterocycles. The lowest BCUT2D eigenvalue weighted by Gasteiger charge is -2.41. The number of nitrogens with one attached hydrogen (secondary N) is 1. The number of carbonyl (C=O) groups is 1. The Kier molecular flexibility index (Phi) is 9.06. The van der Waals surface area contributed by atoms with Crippen molar-refractivity contribution in [2.75, 3.05) is 13.2 Å². The largest absolute Gasteiger partial charge is 0.438 e. The van der Waals surface area contributed by atoms with Gasteiger partial charge in [0, 0.05) is 61.0 Å². The molecule has 2 atom stereocenters. The molecule has 0 unspecified atom stereocenters. The van der Waals surface area contributed by atoms with Gasteiger partial charge in [-0.2, -0.15) is 10.2 Å². The molecule has 2 aromatic carbocycles. The second-order valence-corrected chi connectivity index (χ2v) is 19.8. The highest BCUT2D eigenvalue weighted by Gasteiger charge is 2.54. The molecule has 1 saturated carbocycles. The fraction of sp³-hybridized carbons (Fsp3) is 0.388. The molecule has 17 heteroatoms. The summed E-state index contributed by atoms with van der Waals surface area (Å²) in [5, 5.41) is 13.8. The number of fused-ring (bicyclic) bond motifs is 3. The van der Waals surface area contributed by atoms with Crippen LogP contribution in [0.4, 0.5) is 8.78 Å². The van der Waals surface area contributed by atoms with E-state index >= 15 is 13.6 Å². The fourth-order valence-electron chi connectivity index (χ4n) is 10.8. The Hall–Kier alpha value is -6.88. The lowest BCUT2D eigenvalue weighted by molar-refractivity contribution is -0.0593. The number of aromatic amines is 1. The molecule has 8 aromatic rings. The van der Waals surface area contributed by atoms with Crippen LogP contribution < -0.4 is 11.4 Å². The molecule has 1 amide bonds. The smallest absolute Gasteiger partial charge is 0.376 e. The molecule has 0 spiro atoms. The molecule has 11 rings (SSSR count). The number of aromatic nitrogens is 9. The van der Waals surface area contributed by atoms with Crippen molar-refractivity contribution in [3.8, 4) is 17.2 Å². The summed E-state index contributed by atoms with van der Waals surface area (Å²) in [5.74, 6) is -0.919. The van der Waals surface area contributed by atoms with Crippen molar-refractivity contribution in [2.24, 2.45) is 7.05 Å². The van der Waals surface area contributed by atoms with Crippen molar-refractivity contribution in [2.45, 2.75) is 103 Å². The maximum absolute atomic E-state index is 16.2. The first-order valence-electron chi connectivity index (χ1n) is 22.4. The van der Waals surface area contributed by atoms with E-state index in [1.54, 1.807) is 60.7 Å². The Labute approximate surface area is 377 Å². The first kappa shape index (κ1) is 41.8. The topological polar surface area (TPSA) is 155 Å².